The Kier molecular flexibility index (Phi) is 6.46. The molecule has 0 atom stereocenters. The first-order valence-corrected chi connectivity index (χ1v) is 11.7. The zero-order chi connectivity index (χ0) is 23.7. The molecule has 8 heteroatoms. The molecule has 1 saturated heterocycles. The molecule has 0 bridgehead atoms. The standard InChI is InChI=1S/C26H21Cl2FN4O/c27-18-5-7-23-20(13-18)21(15-25(31-23)24-3-1-2-8-30-24)26(34)33-11-9-32(10-12-33)16-17-4-6-19(29)14-22(17)28/h1-8,13-15H,9-12,16H2. The second-order valence-electron chi connectivity index (χ2n) is 8.24. The molecule has 0 saturated carbocycles. The van der Waals surface area contributed by atoms with Gasteiger partial charge in [0.25, 0.3) is 5.91 Å². The molecule has 3 heterocycles. The van der Waals surface area contributed by atoms with Crippen molar-refractivity contribution in [3.05, 3.63) is 93.8 Å². The first-order valence-electron chi connectivity index (χ1n) is 11.0. The molecule has 5 rings (SSSR count). The van der Waals surface area contributed by atoms with E-state index >= 15 is 0 Å². The lowest BCUT2D eigenvalue weighted by Crippen LogP contribution is -2.48. The highest BCUT2D eigenvalue weighted by Crippen LogP contribution is 2.28. The molecule has 5 nitrogen and oxygen atoms in total. The molecule has 1 aliphatic rings. The van der Waals surface area contributed by atoms with Crippen molar-refractivity contribution < 1.29 is 9.18 Å². The first kappa shape index (κ1) is 22.7. The van der Waals surface area contributed by atoms with E-state index in [-0.39, 0.29) is 11.7 Å². The topological polar surface area (TPSA) is 49.3 Å². The van der Waals surface area contributed by atoms with Crippen LogP contribution in [0, 0.1) is 5.82 Å². The van der Waals surface area contributed by atoms with Crippen molar-refractivity contribution in [2.45, 2.75) is 6.54 Å². The summed E-state index contributed by atoms with van der Waals surface area (Å²) in [5.41, 5.74) is 3.47. The molecule has 4 aromatic rings. The second kappa shape index (κ2) is 9.66. The van der Waals surface area contributed by atoms with Gasteiger partial charge in [-0.15, -0.1) is 0 Å². The van der Waals surface area contributed by atoms with Crippen LogP contribution in [0.5, 0.6) is 0 Å². The number of fused-ring (bicyclic) bond motifs is 1. The number of pyridine rings is 2. The molecule has 172 valence electrons. The molecule has 0 spiro atoms. The zero-order valence-corrected chi connectivity index (χ0v) is 19.7. The number of amides is 1. The van der Waals surface area contributed by atoms with E-state index in [1.807, 2.05) is 29.2 Å². The van der Waals surface area contributed by atoms with Crippen LogP contribution in [0.2, 0.25) is 10.0 Å². The van der Waals surface area contributed by atoms with Gasteiger partial charge in [0.2, 0.25) is 0 Å². The van der Waals surface area contributed by atoms with E-state index in [0.717, 1.165) is 10.9 Å². The van der Waals surface area contributed by atoms with Gasteiger partial charge in [-0.2, -0.15) is 0 Å². The lowest BCUT2D eigenvalue weighted by Gasteiger charge is -2.35. The SMILES string of the molecule is O=C(c1cc(-c2ccccn2)nc2ccc(Cl)cc12)N1CCN(Cc2ccc(F)cc2Cl)CC1. The number of hydrogen-bond acceptors (Lipinski definition) is 4. The smallest absolute Gasteiger partial charge is 0.254 e. The Labute approximate surface area is 206 Å². The molecule has 0 radical (unpaired) electrons. The van der Waals surface area contributed by atoms with E-state index in [1.165, 1.54) is 12.1 Å². The Bertz CT molecular complexity index is 1360. The third-order valence-corrected chi connectivity index (χ3v) is 6.58. The molecule has 1 amide bonds. The van der Waals surface area contributed by atoms with E-state index in [2.05, 4.69) is 9.88 Å². The number of benzene rings is 2. The zero-order valence-electron chi connectivity index (χ0n) is 18.2. The summed E-state index contributed by atoms with van der Waals surface area (Å²) < 4.78 is 13.3. The third-order valence-electron chi connectivity index (χ3n) is 6.00. The largest absolute Gasteiger partial charge is 0.336 e. The summed E-state index contributed by atoms with van der Waals surface area (Å²) in [6, 6.07) is 17.2. The molecule has 34 heavy (non-hydrogen) atoms. The Morgan fingerprint density at radius 2 is 1.76 bits per heavy atom. The van der Waals surface area contributed by atoms with Gasteiger partial charge in [-0.1, -0.05) is 35.3 Å². The predicted molar refractivity (Wildman–Crippen MR) is 133 cm³/mol. The van der Waals surface area contributed by atoms with Crippen LogP contribution in [0.3, 0.4) is 0 Å². The maximum absolute atomic E-state index is 13.6. The van der Waals surface area contributed by atoms with Gasteiger partial charge in [0, 0.05) is 54.4 Å². The monoisotopic (exact) mass is 494 g/mol. The van der Waals surface area contributed by atoms with Crippen LogP contribution in [0.1, 0.15) is 15.9 Å². The summed E-state index contributed by atoms with van der Waals surface area (Å²) in [6.07, 6.45) is 1.71. The fraction of sp³-hybridized carbons (Fsp3) is 0.192. The van der Waals surface area contributed by atoms with Gasteiger partial charge in [0.1, 0.15) is 5.82 Å². The van der Waals surface area contributed by atoms with Crippen LogP contribution >= 0.6 is 23.2 Å². The molecule has 0 N–H and O–H groups in total. The van der Waals surface area contributed by atoms with Gasteiger partial charge in [0.05, 0.1) is 22.5 Å². The Balaban J connectivity index is 1.38. The maximum atomic E-state index is 13.6. The first-order chi connectivity index (χ1) is 16.5. The van der Waals surface area contributed by atoms with E-state index in [0.29, 0.717) is 65.2 Å². The summed E-state index contributed by atoms with van der Waals surface area (Å²) >= 11 is 12.4. The number of carbonyl (C=O) groups excluding carboxylic acids is 1. The Morgan fingerprint density at radius 3 is 2.50 bits per heavy atom. The number of nitrogens with zero attached hydrogens (tertiary/aromatic N) is 4. The minimum absolute atomic E-state index is 0.0636. The number of hydrogen-bond donors (Lipinski definition) is 0. The normalized spacial score (nSPS) is 14.5. The molecule has 0 unspecified atom stereocenters. The van der Waals surface area contributed by atoms with Gasteiger partial charge in [0.15, 0.2) is 0 Å². The van der Waals surface area contributed by atoms with Gasteiger partial charge >= 0.3 is 0 Å². The minimum Gasteiger partial charge on any atom is -0.336 e. The van der Waals surface area contributed by atoms with Gasteiger partial charge in [-0.25, -0.2) is 9.37 Å². The summed E-state index contributed by atoms with van der Waals surface area (Å²) in [6.45, 7) is 3.13. The van der Waals surface area contributed by atoms with Crippen molar-refractivity contribution in [1.29, 1.82) is 0 Å². The quantitative estimate of drug-likeness (QED) is 0.365. The second-order valence-corrected chi connectivity index (χ2v) is 9.08. The van der Waals surface area contributed by atoms with E-state index in [9.17, 15) is 9.18 Å². The fourth-order valence-corrected chi connectivity index (χ4v) is 4.59. The molecule has 1 fully saturated rings. The molecule has 2 aromatic carbocycles. The molecular formula is C26H21Cl2FN4O. The number of halogens is 3. The van der Waals surface area contributed by atoms with E-state index in [4.69, 9.17) is 28.2 Å². The highest BCUT2D eigenvalue weighted by molar-refractivity contribution is 6.31. The van der Waals surface area contributed by atoms with Crippen molar-refractivity contribution in [2.24, 2.45) is 0 Å². The van der Waals surface area contributed by atoms with Crippen LogP contribution in [0.25, 0.3) is 22.3 Å². The van der Waals surface area contributed by atoms with Crippen molar-refractivity contribution in [3.8, 4) is 11.4 Å². The predicted octanol–water partition coefficient (Wildman–Crippen LogP) is 5.70. The molecule has 1 aliphatic heterocycles. The maximum Gasteiger partial charge on any atom is 0.254 e. The summed E-state index contributed by atoms with van der Waals surface area (Å²) in [7, 11) is 0. The average molecular weight is 495 g/mol. The Morgan fingerprint density at radius 1 is 0.941 bits per heavy atom. The average Bonchev–Trinajstić information content (AvgIpc) is 2.86. The Hall–Kier alpha value is -3.06. The number of piperazine rings is 1. The van der Waals surface area contributed by atoms with Crippen molar-refractivity contribution >= 4 is 40.0 Å². The summed E-state index contributed by atoms with van der Waals surface area (Å²) in [5.74, 6) is -0.412. The number of rotatable bonds is 4. The minimum atomic E-state index is -0.348. The summed E-state index contributed by atoms with van der Waals surface area (Å²) in [4.78, 5) is 26.8. The van der Waals surface area contributed by atoms with Crippen LogP contribution in [0.4, 0.5) is 4.39 Å². The van der Waals surface area contributed by atoms with E-state index < -0.39 is 0 Å². The van der Waals surface area contributed by atoms with Crippen molar-refractivity contribution in [1.82, 2.24) is 19.8 Å². The van der Waals surface area contributed by atoms with Gasteiger partial charge in [-0.3, -0.25) is 14.7 Å². The summed E-state index contributed by atoms with van der Waals surface area (Å²) in [5, 5.41) is 1.69. The highest BCUT2D eigenvalue weighted by Gasteiger charge is 2.25. The van der Waals surface area contributed by atoms with Crippen LogP contribution in [-0.4, -0.2) is 51.9 Å². The van der Waals surface area contributed by atoms with Crippen LogP contribution < -0.4 is 0 Å². The third kappa shape index (κ3) is 4.75. The molecule has 2 aromatic heterocycles. The highest BCUT2D eigenvalue weighted by atomic mass is 35.5. The van der Waals surface area contributed by atoms with Crippen molar-refractivity contribution in [3.63, 3.8) is 0 Å². The lowest BCUT2D eigenvalue weighted by atomic mass is 10.0. The number of aromatic nitrogens is 2. The molecular weight excluding hydrogens is 474 g/mol. The van der Waals surface area contributed by atoms with Crippen molar-refractivity contribution in [2.75, 3.05) is 26.2 Å². The van der Waals surface area contributed by atoms with Crippen LogP contribution in [0.15, 0.2) is 66.9 Å². The molecule has 0 aliphatic carbocycles. The fourth-order valence-electron chi connectivity index (χ4n) is 4.19. The van der Waals surface area contributed by atoms with Crippen LogP contribution in [-0.2, 0) is 6.54 Å². The van der Waals surface area contributed by atoms with E-state index in [1.54, 1.807) is 30.5 Å². The lowest BCUT2D eigenvalue weighted by molar-refractivity contribution is 0.0630. The number of carbonyl (C=O) groups is 1. The van der Waals surface area contributed by atoms with Gasteiger partial charge in [-0.05, 0) is 54.1 Å². The van der Waals surface area contributed by atoms with Gasteiger partial charge < -0.3 is 4.90 Å².